The van der Waals surface area contributed by atoms with E-state index in [1.807, 2.05) is 30.3 Å². The van der Waals surface area contributed by atoms with Crippen LogP contribution in [0.25, 0.3) is 0 Å². The molecule has 1 aromatic carbocycles. The summed E-state index contributed by atoms with van der Waals surface area (Å²) in [7, 11) is 0. The lowest BCUT2D eigenvalue weighted by Gasteiger charge is -1.78. The van der Waals surface area contributed by atoms with Gasteiger partial charge >= 0.3 is 0 Å². The van der Waals surface area contributed by atoms with Gasteiger partial charge in [-0.2, -0.15) is 0 Å². The van der Waals surface area contributed by atoms with Crippen LogP contribution < -0.4 is 5.73 Å². The van der Waals surface area contributed by atoms with Crippen LogP contribution in [0.2, 0.25) is 0 Å². The van der Waals surface area contributed by atoms with Crippen molar-refractivity contribution >= 4 is 5.69 Å². The van der Waals surface area contributed by atoms with Gasteiger partial charge in [0.2, 0.25) is 0 Å². The van der Waals surface area contributed by atoms with E-state index in [0.29, 0.717) is 0 Å². The van der Waals surface area contributed by atoms with Crippen molar-refractivity contribution in [2.24, 2.45) is 0 Å². The smallest absolute Gasteiger partial charge is 0.127 e. The van der Waals surface area contributed by atoms with Crippen molar-refractivity contribution in [3.05, 3.63) is 45.7 Å². The topological polar surface area (TPSA) is 93.8 Å². The van der Waals surface area contributed by atoms with Crippen LogP contribution >= 0.6 is 0 Å². The van der Waals surface area contributed by atoms with Gasteiger partial charge < -0.3 is 21.1 Å². The molecule has 0 heterocycles. The lowest BCUT2D eigenvalue weighted by molar-refractivity contribution is -0.402. The molecular formula is C6H8N2O3. The van der Waals surface area contributed by atoms with E-state index in [-0.39, 0.29) is 0 Å². The summed E-state index contributed by atoms with van der Waals surface area (Å²) in [4.78, 5) is 8.25. The molecule has 0 spiro atoms. The first-order chi connectivity index (χ1) is 5.13. The Morgan fingerprint density at radius 2 is 1.55 bits per heavy atom. The summed E-state index contributed by atoms with van der Waals surface area (Å²) < 4.78 is 0. The normalized spacial score (nSPS) is 7.73. The van der Waals surface area contributed by atoms with Gasteiger partial charge in [-0.1, -0.05) is 18.2 Å². The molecule has 1 aromatic rings. The maximum absolute atomic E-state index is 8.25. The molecule has 11 heavy (non-hydrogen) atoms. The Hall–Kier alpha value is -1.62. The van der Waals surface area contributed by atoms with Crippen LogP contribution in [0.5, 0.6) is 0 Å². The second-order valence-electron chi connectivity index (χ2n) is 1.71. The maximum Gasteiger partial charge on any atom is 0.127 e. The molecule has 0 aromatic heterocycles. The molecule has 0 unspecified atom stereocenters. The van der Waals surface area contributed by atoms with Crippen LogP contribution in [-0.4, -0.2) is 5.09 Å². The molecule has 0 bridgehead atoms. The zero-order valence-electron chi connectivity index (χ0n) is 5.77. The van der Waals surface area contributed by atoms with E-state index in [1.165, 1.54) is 0 Å². The Kier molecular flexibility index (Phi) is 4.42. The number of hydrogen-bond donors (Lipinski definition) is 1. The minimum atomic E-state index is -1.75. The fourth-order valence-electron chi connectivity index (χ4n) is 0.478. The van der Waals surface area contributed by atoms with Crippen molar-refractivity contribution in [2.45, 2.75) is 0 Å². The van der Waals surface area contributed by atoms with Gasteiger partial charge in [-0.25, -0.2) is 0 Å². The molecule has 0 fully saturated rings. The van der Waals surface area contributed by atoms with E-state index >= 15 is 0 Å². The van der Waals surface area contributed by atoms with Crippen LogP contribution in [0.3, 0.4) is 0 Å². The number of hydrogen-bond acceptors (Lipinski definition) is 3. The van der Waals surface area contributed by atoms with Gasteiger partial charge in [0.25, 0.3) is 0 Å². The number of nitrogens with zero attached hydrogens (tertiary/aromatic N) is 1. The molecule has 0 saturated heterocycles. The molecule has 5 nitrogen and oxygen atoms in total. The Balaban J connectivity index is 0.000000218. The molecule has 0 atom stereocenters. The number of benzene rings is 1. The van der Waals surface area contributed by atoms with Crippen molar-refractivity contribution < 1.29 is 10.8 Å². The van der Waals surface area contributed by atoms with Crippen molar-refractivity contribution in [3.63, 3.8) is 0 Å². The summed E-state index contributed by atoms with van der Waals surface area (Å²) >= 11 is 0. The molecule has 0 aliphatic carbocycles. The maximum atomic E-state index is 8.25. The molecule has 60 valence electrons. The van der Waals surface area contributed by atoms with Gasteiger partial charge in [0.1, 0.15) is 5.69 Å². The molecule has 1 rings (SSSR count). The third-order valence-electron chi connectivity index (χ3n) is 0.843. The first kappa shape index (κ1) is 9.38. The third kappa shape index (κ3) is 8.38. The standard InChI is InChI=1S/C6H7N.NO3/c7-6-4-2-1-3-5-6;2-1(3)4/h1-5H,7H2;/q;-1/p+1. The zero-order valence-corrected chi connectivity index (χ0v) is 5.77. The van der Waals surface area contributed by atoms with Crippen LogP contribution in [0, 0.1) is 15.3 Å². The van der Waals surface area contributed by atoms with Gasteiger partial charge in [-0.3, -0.25) is 0 Å². The largest absolute Gasteiger partial charge is 0.356 e. The van der Waals surface area contributed by atoms with Crippen molar-refractivity contribution in [1.82, 2.24) is 0 Å². The lowest BCUT2D eigenvalue weighted by Crippen LogP contribution is -2.39. The molecule has 0 saturated carbocycles. The molecule has 0 radical (unpaired) electrons. The summed E-state index contributed by atoms with van der Waals surface area (Å²) in [6.07, 6.45) is 0. The molecular weight excluding hydrogens is 148 g/mol. The quantitative estimate of drug-likeness (QED) is 0.433. The van der Waals surface area contributed by atoms with Gasteiger partial charge in [0.15, 0.2) is 0 Å². The summed E-state index contributed by atoms with van der Waals surface area (Å²) in [5.74, 6) is 0. The summed E-state index contributed by atoms with van der Waals surface area (Å²) in [6.45, 7) is 0. The Morgan fingerprint density at radius 1 is 1.18 bits per heavy atom. The van der Waals surface area contributed by atoms with Gasteiger partial charge in [0, 0.05) is 0 Å². The second kappa shape index (κ2) is 5.19. The van der Waals surface area contributed by atoms with Crippen molar-refractivity contribution in [3.8, 4) is 0 Å². The van der Waals surface area contributed by atoms with Crippen molar-refractivity contribution in [2.75, 3.05) is 0 Å². The highest BCUT2D eigenvalue weighted by Gasteiger charge is 1.77. The van der Waals surface area contributed by atoms with Gasteiger partial charge in [-0.05, 0) is 12.1 Å². The first-order valence-corrected chi connectivity index (χ1v) is 2.81. The molecule has 0 amide bonds. The van der Waals surface area contributed by atoms with Crippen LogP contribution in [-0.2, 0) is 0 Å². The van der Waals surface area contributed by atoms with E-state index in [1.54, 1.807) is 0 Å². The minimum absolute atomic E-state index is 1.07. The van der Waals surface area contributed by atoms with Gasteiger partial charge in [-0.15, -0.1) is 0 Å². The summed E-state index contributed by atoms with van der Waals surface area (Å²) in [5, 5.41) is 14.8. The van der Waals surface area contributed by atoms with Crippen molar-refractivity contribution in [1.29, 1.82) is 0 Å². The fourth-order valence-corrected chi connectivity index (χ4v) is 0.478. The van der Waals surface area contributed by atoms with Crippen LogP contribution in [0.1, 0.15) is 0 Å². The van der Waals surface area contributed by atoms with Gasteiger partial charge in [0.05, 0.1) is 5.09 Å². The highest BCUT2D eigenvalue weighted by atomic mass is 16.9. The number of quaternary nitrogens is 1. The zero-order chi connectivity index (χ0) is 8.69. The average molecular weight is 156 g/mol. The van der Waals surface area contributed by atoms with Crippen LogP contribution in [0.15, 0.2) is 30.3 Å². The summed E-state index contributed by atoms with van der Waals surface area (Å²) in [5.41, 5.74) is 4.79. The monoisotopic (exact) mass is 156 g/mol. The van der Waals surface area contributed by atoms with E-state index < -0.39 is 5.09 Å². The Morgan fingerprint density at radius 3 is 1.73 bits per heavy atom. The van der Waals surface area contributed by atoms with E-state index in [0.717, 1.165) is 5.69 Å². The van der Waals surface area contributed by atoms with E-state index in [9.17, 15) is 0 Å². The predicted molar refractivity (Wildman–Crippen MR) is 39.4 cm³/mol. The molecule has 0 aliphatic rings. The molecule has 0 aliphatic heterocycles. The highest BCUT2D eigenvalue weighted by Crippen LogP contribution is 1.93. The SMILES string of the molecule is O=[N+]([O-])[O-].[NH3+]c1ccccc1. The Bertz CT molecular complexity index is 208. The van der Waals surface area contributed by atoms with E-state index in [2.05, 4.69) is 5.73 Å². The minimum Gasteiger partial charge on any atom is -0.356 e. The fraction of sp³-hybridized carbons (Fsp3) is 0. The third-order valence-corrected chi connectivity index (χ3v) is 0.843. The second-order valence-corrected chi connectivity index (χ2v) is 1.71. The predicted octanol–water partition coefficient (Wildman–Crippen LogP) is 0.321. The number of rotatable bonds is 0. The summed E-state index contributed by atoms with van der Waals surface area (Å²) in [6, 6.07) is 9.87. The first-order valence-electron chi connectivity index (χ1n) is 2.81. The molecule has 3 N–H and O–H groups in total. The highest BCUT2D eigenvalue weighted by molar-refractivity contribution is 5.25. The van der Waals surface area contributed by atoms with E-state index in [4.69, 9.17) is 15.3 Å². The Labute approximate surface area is 63.2 Å². The molecule has 5 heteroatoms. The average Bonchev–Trinajstić information content (AvgIpc) is 1.87. The lowest BCUT2D eigenvalue weighted by atomic mass is 10.3. The van der Waals surface area contributed by atoms with Crippen LogP contribution in [0.4, 0.5) is 5.69 Å².